The minimum Gasteiger partial charge on any atom is -0.340 e. The van der Waals surface area contributed by atoms with Crippen molar-refractivity contribution < 1.29 is 9.59 Å². The van der Waals surface area contributed by atoms with Crippen LogP contribution in [0.4, 0.5) is 0 Å². The highest BCUT2D eigenvalue weighted by Gasteiger charge is 2.32. The van der Waals surface area contributed by atoms with Gasteiger partial charge in [0.1, 0.15) is 6.04 Å². The summed E-state index contributed by atoms with van der Waals surface area (Å²) in [5, 5.41) is 0. The van der Waals surface area contributed by atoms with Crippen molar-refractivity contribution in [2.75, 3.05) is 13.6 Å². The molecule has 0 aromatic heterocycles. The van der Waals surface area contributed by atoms with E-state index in [1.54, 1.807) is 16.8 Å². The summed E-state index contributed by atoms with van der Waals surface area (Å²) in [4.78, 5) is 27.7. The van der Waals surface area contributed by atoms with Gasteiger partial charge < -0.3 is 9.80 Å². The van der Waals surface area contributed by atoms with Gasteiger partial charge in [0.25, 0.3) is 0 Å². The first-order valence-electron chi connectivity index (χ1n) is 8.24. The van der Waals surface area contributed by atoms with Crippen LogP contribution in [0.5, 0.6) is 0 Å². The molecule has 1 heterocycles. The topological polar surface area (TPSA) is 40.6 Å². The van der Waals surface area contributed by atoms with Gasteiger partial charge in [0.05, 0.1) is 0 Å². The first-order valence-corrected chi connectivity index (χ1v) is 8.24. The summed E-state index contributed by atoms with van der Waals surface area (Å²) < 4.78 is 0. The third-order valence-electron chi connectivity index (χ3n) is 4.57. The summed E-state index contributed by atoms with van der Waals surface area (Å²) in [6.45, 7) is 1.05. The summed E-state index contributed by atoms with van der Waals surface area (Å²) in [7, 11) is 1.80. The Morgan fingerprint density at radius 1 is 1.29 bits per heavy atom. The molecular weight excluding hydrogens is 300 g/mol. The standard InChI is InChI=1S/C20H22N2O2/c1-21(13-16-8-4-2-3-5-9-16)20(24)19-12-17-10-6-7-11-18(17)14-22(19)15-23/h2-4,6-11,15,19H,5,12-14H2,1H3. The summed E-state index contributed by atoms with van der Waals surface area (Å²) in [5.41, 5.74) is 3.39. The predicted octanol–water partition coefficient (Wildman–Crippen LogP) is 2.47. The van der Waals surface area contributed by atoms with E-state index in [1.807, 2.05) is 42.5 Å². The first kappa shape index (κ1) is 16.2. The number of hydrogen-bond donors (Lipinski definition) is 0. The number of likely N-dealkylation sites (N-methyl/N-ethyl adjacent to an activating group) is 1. The summed E-state index contributed by atoms with van der Waals surface area (Å²) in [5.74, 6) is -0.0110. The maximum absolute atomic E-state index is 12.9. The maximum atomic E-state index is 12.9. The normalized spacial score (nSPS) is 19.3. The lowest BCUT2D eigenvalue weighted by atomic mass is 9.93. The van der Waals surface area contributed by atoms with E-state index < -0.39 is 6.04 Å². The second-order valence-corrected chi connectivity index (χ2v) is 6.26. The fourth-order valence-electron chi connectivity index (χ4n) is 3.23. The molecular formula is C20H22N2O2. The highest BCUT2D eigenvalue weighted by Crippen LogP contribution is 2.23. The van der Waals surface area contributed by atoms with Crippen LogP contribution in [0.15, 0.2) is 60.2 Å². The van der Waals surface area contributed by atoms with Gasteiger partial charge in [-0.15, -0.1) is 0 Å². The molecule has 1 aromatic rings. The van der Waals surface area contributed by atoms with Crippen LogP contribution in [-0.2, 0) is 22.6 Å². The van der Waals surface area contributed by atoms with Gasteiger partial charge in [-0.25, -0.2) is 0 Å². The zero-order valence-electron chi connectivity index (χ0n) is 13.9. The molecule has 0 N–H and O–H groups in total. The lowest BCUT2D eigenvalue weighted by molar-refractivity contribution is -0.140. The number of benzene rings is 1. The van der Waals surface area contributed by atoms with Crippen molar-refractivity contribution >= 4 is 12.3 Å². The number of allylic oxidation sites excluding steroid dienone is 4. The highest BCUT2D eigenvalue weighted by molar-refractivity contribution is 5.84. The Kier molecular flexibility index (Phi) is 4.94. The Hall–Kier alpha value is -2.62. The minimum atomic E-state index is -0.420. The summed E-state index contributed by atoms with van der Waals surface area (Å²) in [6, 6.07) is 7.59. The molecule has 2 amide bonds. The van der Waals surface area contributed by atoms with Crippen LogP contribution >= 0.6 is 0 Å². The van der Waals surface area contributed by atoms with Gasteiger partial charge in [-0.3, -0.25) is 9.59 Å². The Balaban J connectivity index is 1.73. The summed E-state index contributed by atoms with van der Waals surface area (Å²) in [6.07, 6.45) is 12.5. The molecule has 0 bridgehead atoms. The monoisotopic (exact) mass is 322 g/mol. The molecule has 0 saturated carbocycles. The Bertz CT molecular complexity index is 718. The van der Waals surface area contributed by atoms with Crippen LogP contribution < -0.4 is 0 Å². The number of rotatable bonds is 4. The molecule has 0 spiro atoms. The third-order valence-corrected chi connectivity index (χ3v) is 4.57. The molecule has 1 aliphatic carbocycles. The number of hydrogen-bond acceptors (Lipinski definition) is 2. The van der Waals surface area contributed by atoms with Crippen molar-refractivity contribution in [2.45, 2.75) is 25.4 Å². The molecule has 4 heteroatoms. The highest BCUT2D eigenvalue weighted by atomic mass is 16.2. The lowest BCUT2D eigenvalue weighted by Crippen LogP contribution is -2.50. The Morgan fingerprint density at radius 3 is 2.88 bits per heavy atom. The third kappa shape index (κ3) is 3.48. The number of carbonyl (C=O) groups excluding carboxylic acids is 2. The zero-order chi connectivity index (χ0) is 16.9. The number of nitrogens with zero attached hydrogens (tertiary/aromatic N) is 2. The first-order chi connectivity index (χ1) is 11.7. The summed E-state index contributed by atoms with van der Waals surface area (Å²) >= 11 is 0. The van der Waals surface area contributed by atoms with Gasteiger partial charge in [0.2, 0.25) is 12.3 Å². The van der Waals surface area contributed by atoms with E-state index >= 15 is 0 Å². The van der Waals surface area contributed by atoms with Crippen molar-refractivity contribution in [3.8, 4) is 0 Å². The van der Waals surface area contributed by atoms with E-state index in [4.69, 9.17) is 0 Å². The number of carbonyl (C=O) groups is 2. The van der Waals surface area contributed by atoms with E-state index in [-0.39, 0.29) is 5.91 Å². The van der Waals surface area contributed by atoms with Crippen LogP contribution in [0.1, 0.15) is 17.5 Å². The molecule has 0 radical (unpaired) electrons. The average molecular weight is 322 g/mol. The van der Waals surface area contributed by atoms with E-state index in [0.29, 0.717) is 19.5 Å². The lowest BCUT2D eigenvalue weighted by Gasteiger charge is -2.35. The van der Waals surface area contributed by atoms with Crippen molar-refractivity contribution in [3.05, 3.63) is 71.3 Å². The van der Waals surface area contributed by atoms with Gasteiger partial charge in [0.15, 0.2) is 0 Å². The zero-order valence-corrected chi connectivity index (χ0v) is 13.9. The largest absolute Gasteiger partial charge is 0.340 e. The molecule has 24 heavy (non-hydrogen) atoms. The van der Waals surface area contributed by atoms with Crippen LogP contribution in [-0.4, -0.2) is 41.8 Å². The molecule has 2 aliphatic rings. The molecule has 1 aliphatic heterocycles. The van der Waals surface area contributed by atoms with E-state index in [9.17, 15) is 9.59 Å². The maximum Gasteiger partial charge on any atom is 0.245 e. The second kappa shape index (κ2) is 7.30. The Morgan fingerprint density at radius 2 is 2.08 bits per heavy atom. The average Bonchev–Trinajstić information content (AvgIpc) is 2.88. The van der Waals surface area contributed by atoms with Gasteiger partial charge >= 0.3 is 0 Å². The predicted molar refractivity (Wildman–Crippen MR) is 94.2 cm³/mol. The van der Waals surface area contributed by atoms with E-state index in [2.05, 4.69) is 12.2 Å². The Labute approximate surface area is 142 Å². The van der Waals surface area contributed by atoms with Crippen molar-refractivity contribution in [1.82, 2.24) is 9.80 Å². The van der Waals surface area contributed by atoms with Crippen LogP contribution in [0.25, 0.3) is 0 Å². The fourth-order valence-corrected chi connectivity index (χ4v) is 3.23. The van der Waals surface area contributed by atoms with Crippen LogP contribution in [0, 0.1) is 0 Å². The van der Waals surface area contributed by atoms with Gasteiger partial charge in [-0.1, -0.05) is 54.6 Å². The van der Waals surface area contributed by atoms with Crippen molar-refractivity contribution in [1.29, 1.82) is 0 Å². The SMILES string of the molecule is CN(CC1=CCC=CC=C1)C(=O)C1Cc2ccccc2CN1C=O. The molecule has 1 atom stereocenters. The van der Waals surface area contributed by atoms with Crippen molar-refractivity contribution in [3.63, 3.8) is 0 Å². The van der Waals surface area contributed by atoms with Crippen LogP contribution in [0.2, 0.25) is 0 Å². The number of amides is 2. The van der Waals surface area contributed by atoms with E-state index in [1.165, 1.54) is 0 Å². The second-order valence-electron chi connectivity index (χ2n) is 6.26. The quantitative estimate of drug-likeness (QED) is 0.799. The van der Waals surface area contributed by atoms with Crippen molar-refractivity contribution in [2.24, 2.45) is 0 Å². The number of fused-ring (bicyclic) bond motifs is 1. The van der Waals surface area contributed by atoms with Gasteiger partial charge in [-0.05, 0) is 23.1 Å². The molecule has 0 fully saturated rings. The van der Waals surface area contributed by atoms with Gasteiger partial charge in [-0.2, -0.15) is 0 Å². The van der Waals surface area contributed by atoms with Crippen LogP contribution in [0.3, 0.4) is 0 Å². The smallest absolute Gasteiger partial charge is 0.245 e. The van der Waals surface area contributed by atoms with E-state index in [0.717, 1.165) is 29.5 Å². The molecule has 124 valence electrons. The molecule has 1 unspecified atom stereocenters. The molecule has 1 aromatic carbocycles. The molecule has 0 saturated heterocycles. The van der Waals surface area contributed by atoms with Gasteiger partial charge in [0, 0.05) is 26.6 Å². The fraction of sp³-hybridized carbons (Fsp3) is 0.300. The minimum absolute atomic E-state index is 0.0110. The molecule has 3 rings (SSSR count). The molecule has 4 nitrogen and oxygen atoms in total.